The Morgan fingerprint density at radius 2 is 1.89 bits per heavy atom. The Bertz CT molecular complexity index is 1980. The van der Waals surface area contributed by atoms with Gasteiger partial charge < -0.3 is 9.80 Å². The van der Waals surface area contributed by atoms with Gasteiger partial charge in [0.1, 0.15) is 17.3 Å². The van der Waals surface area contributed by atoms with Crippen LogP contribution in [0.4, 0.5) is 14.6 Å². The molecule has 5 rings (SSSR count). The van der Waals surface area contributed by atoms with E-state index in [1.54, 1.807) is 16.7 Å². The van der Waals surface area contributed by atoms with Crippen LogP contribution in [-0.4, -0.2) is 69.7 Å². The summed E-state index contributed by atoms with van der Waals surface area (Å²) in [7, 11) is -4.04. The van der Waals surface area contributed by atoms with Gasteiger partial charge in [-0.25, -0.2) is 36.5 Å². The van der Waals surface area contributed by atoms with Crippen LogP contribution < -0.4 is 10.6 Å². The molecule has 0 unspecified atom stereocenters. The minimum absolute atomic E-state index is 0.0600. The van der Waals surface area contributed by atoms with Crippen molar-refractivity contribution in [3.05, 3.63) is 81.9 Å². The molecule has 4 aromatic rings. The molecule has 1 atom stereocenters. The summed E-state index contributed by atoms with van der Waals surface area (Å²) in [6.45, 7) is 10.7. The van der Waals surface area contributed by atoms with Crippen molar-refractivity contribution >= 4 is 44.2 Å². The summed E-state index contributed by atoms with van der Waals surface area (Å²) in [5.74, 6) is -1.96. The molecule has 0 spiro atoms. The molecule has 1 aliphatic rings. The molecule has 230 valence electrons. The normalized spacial score (nSPS) is 15.7. The van der Waals surface area contributed by atoms with Gasteiger partial charge in [0.2, 0.25) is 5.91 Å². The number of rotatable bonds is 6. The second-order valence-electron chi connectivity index (χ2n) is 10.7. The van der Waals surface area contributed by atoms with E-state index in [4.69, 9.17) is 11.6 Å². The number of hydrogen-bond donors (Lipinski definition) is 0. The lowest BCUT2D eigenvalue weighted by atomic mass is 10.1. The quantitative estimate of drug-likeness (QED) is 0.283. The highest BCUT2D eigenvalue weighted by atomic mass is 35.5. The first-order chi connectivity index (χ1) is 20.8. The van der Waals surface area contributed by atoms with Crippen LogP contribution in [0.25, 0.3) is 28.0 Å². The molecule has 4 heterocycles. The van der Waals surface area contributed by atoms with Gasteiger partial charge in [-0.15, -0.1) is 0 Å². The molecule has 3 aromatic heterocycles. The number of hydrogen-bond acceptors (Lipinski definition) is 8. The van der Waals surface area contributed by atoms with Crippen molar-refractivity contribution in [3.8, 4) is 16.9 Å². The zero-order valence-corrected chi connectivity index (χ0v) is 26.0. The highest BCUT2D eigenvalue weighted by molar-refractivity contribution is 7.92. The fraction of sp³-hybridized carbons (Fsp3) is 0.300. The lowest BCUT2D eigenvalue weighted by Crippen LogP contribution is -2.54. The number of carbonyl (C=O) groups excluding carboxylic acids is 1. The summed E-state index contributed by atoms with van der Waals surface area (Å²) in [4.78, 5) is 42.5. The maximum Gasteiger partial charge on any atom is 0.355 e. The van der Waals surface area contributed by atoms with Crippen molar-refractivity contribution in [2.45, 2.75) is 44.0 Å². The third-order valence-electron chi connectivity index (χ3n) is 7.59. The average molecular weight is 643 g/mol. The zero-order valence-electron chi connectivity index (χ0n) is 24.4. The van der Waals surface area contributed by atoms with Gasteiger partial charge in [0, 0.05) is 31.9 Å². The summed E-state index contributed by atoms with van der Waals surface area (Å²) in [6, 6.07) is 6.08. The number of anilines is 1. The molecule has 44 heavy (non-hydrogen) atoms. The fourth-order valence-electron chi connectivity index (χ4n) is 5.26. The molecule has 1 aromatic carbocycles. The molecular formula is C30H29ClF2N6O4S. The number of carbonyl (C=O) groups is 1. The highest BCUT2D eigenvalue weighted by Gasteiger charge is 2.33. The third kappa shape index (κ3) is 5.23. The van der Waals surface area contributed by atoms with Gasteiger partial charge in [-0.3, -0.25) is 4.79 Å². The molecule has 0 bridgehead atoms. The van der Waals surface area contributed by atoms with Gasteiger partial charge in [-0.2, -0.15) is 4.98 Å². The van der Waals surface area contributed by atoms with Crippen molar-refractivity contribution in [2.75, 3.05) is 24.5 Å². The second kappa shape index (κ2) is 11.7. The molecule has 10 nitrogen and oxygen atoms in total. The van der Waals surface area contributed by atoms with Crippen molar-refractivity contribution < 1.29 is 22.0 Å². The minimum Gasteiger partial charge on any atom is -0.350 e. The topological polar surface area (TPSA) is 118 Å². The SMILES string of the molecule is C=CC(=O)N1CCN(c2nc(=O)n(-c3c(C)ccnc3S(=O)(=O)C(C)C)c3nc(-c4c(F)cccc4Cl)c(F)cc23)[C@@H](C)C1. The molecule has 1 fully saturated rings. The van der Waals surface area contributed by atoms with Crippen LogP contribution in [0.5, 0.6) is 0 Å². The number of sulfone groups is 1. The van der Waals surface area contributed by atoms with E-state index in [0.717, 1.165) is 16.7 Å². The summed E-state index contributed by atoms with van der Waals surface area (Å²) in [6.07, 6.45) is 2.53. The smallest absolute Gasteiger partial charge is 0.350 e. The van der Waals surface area contributed by atoms with Crippen molar-refractivity contribution in [2.24, 2.45) is 0 Å². The minimum atomic E-state index is -4.04. The number of pyridine rings is 2. The molecule has 0 radical (unpaired) electrons. The number of aryl methyl sites for hydroxylation is 1. The summed E-state index contributed by atoms with van der Waals surface area (Å²) < 4.78 is 58.8. The number of fused-ring (bicyclic) bond motifs is 1. The van der Waals surface area contributed by atoms with Crippen molar-refractivity contribution in [1.82, 2.24) is 24.4 Å². The van der Waals surface area contributed by atoms with Crippen molar-refractivity contribution in [1.29, 1.82) is 0 Å². The Kier molecular flexibility index (Phi) is 8.29. The van der Waals surface area contributed by atoms with E-state index in [-0.39, 0.29) is 69.7 Å². The van der Waals surface area contributed by atoms with E-state index in [1.807, 2.05) is 6.92 Å². The number of benzene rings is 1. The van der Waals surface area contributed by atoms with E-state index in [0.29, 0.717) is 5.56 Å². The van der Waals surface area contributed by atoms with Gasteiger partial charge in [-0.1, -0.05) is 24.2 Å². The van der Waals surface area contributed by atoms with Gasteiger partial charge in [0.15, 0.2) is 26.3 Å². The molecule has 1 amide bonds. The van der Waals surface area contributed by atoms with E-state index >= 15 is 8.78 Å². The van der Waals surface area contributed by atoms with Crippen LogP contribution in [0, 0.1) is 18.6 Å². The van der Waals surface area contributed by atoms with Gasteiger partial charge >= 0.3 is 5.69 Å². The third-order valence-corrected chi connectivity index (χ3v) is 9.99. The van der Waals surface area contributed by atoms with Gasteiger partial charge in [0.25, 0.3) is 0 Å². The number of halogens is 3. The fourth-order valence-corrected chi connectivity index (χ4v) is 6.68. The molecule has 1 aliphatic heterocycles. The lowest BCUT2D eigenvalue weighted by Gasteiger charge is -2.40. The largest absolute Gasteiger partial charge is 0.355 e. The Balaban J connectivity index is 1.87. The van der Waals surface area contributed by atoms with Crippen molar-refractivity contribution in [3.63, 3.8) is 0 Å². The maximum atomic E-state index is 15.9. The summed E-state index contributed by atoms with van der Waals surface area (Å²) in [5, 5.41) is -1.33. The molecular weight excluding hydrogens is 614 g/mol. The first-order valence-electron chi connectivity index (χ1n) is 13.7. The first-order valence-corrected chi connectivity index (χ1v) is 15.7. The van der Waals surface area contributed by atoms with Crippen LogP contribution in [0.1, 0.15) is 26.3 Å². The lowest BCUT2D eigenvalue weighted by molar-refractivity contribution is -0.126. The Morgan fingerprint density at radius 3 is 2.52 bits per heavy atom. The molecule has 0 aliphatic carbocycles. The van der Waals surface area contributed by atoms with Crippen LogP contribution in [-0.2, 0) is 14.6 Å². The van der Waals surface area contributed by atoms with Gasteiger partial charge in [0.05, 0.1) is 26.9 Å². The van der Waals surface area contributed by atoms with Crippen LogP contribution in [0.3, 0.4) is 0 Å². The zero-order chi connectivity index (χ0) is 32.1. The second-order valence-corrected chi connectivity index (χ2v) is 13.6. The average Bonchev–Trinajstić information content (AvgIpc) is 2.97. The summed E-state index contributed by atoms with van der Waals surface area (Å²) >= 11 is 6.28. The van der Waals surface area contributed by atoms with E-state index in [2.05, 4.69) is 21.5 Å². The predicted octanol–water partition coefficient (Wildman–Crippen LogP) is 4.49. The first kappa shape index (κ1) is 31.2. The van der Waals surface area contributed by atoms with E-state index in [9.17, 15) is 18.0 Å². The van der Waals surface area contributed by atoms with Crippen LogP contribution >= 0.6 is 11.6 Å². The standard InChI is InChI=1S/C30H29ClF2N6O4S/c1-6-23(40)37-12-13-38(18(5)15-37)27-19-14-22(33)25(24-20(31)8-7-9-21(24)32)35-28(19)39(30(41)36-27)26-17(4)10-11-34-29(26)44(42,43)16(2)3/h6-11,14,16,18H,1,12-13,15H2,2-5H3/t18-/m0/s1. The summed E-state index contributed by atoms with van der Waals surface area (Å²) in [5.41, 5.74) is -1.63. The number of aromatic nitrogens is 4. The molecule has 14 heteroatoms. The van der Waals surface area contributed by atoms with Crippen LogP contribution in [0.15, 0.2) is 59.0 Å². The number of amides is 1. The Labute approximate surface area is 257 Å². The molecule has 0 N–H and O–H groups in total. The highest BCUT2D eigenvalue weighted by Crippen LogP contribution is 2.36. The Morgan fingerprint density at radius 1 is 1.16 bits per heavy atom. The molecule has 1 saturated heterocycles. The van der Waals surface area contributed by atoms with E-state index < -0.39 is 38.1 Å². The number of nitrogens with zero attached hydrogens (tertiary/aromatic N) is 6. The van der Waals surface area contributed by atoms with Crippen LogP contribution in [0.2, 0.25) is 5.02 Å². The number of piperazine rings is 1. The predicted molar refractivity (Wildman–Crippen MR) is 164 cm³/mol. The molecule has 0 saturated carbocycles. The van der Waals surface area contributed by atoms with Gasteiger partial charge in [-0.05, 0) is 63.6 Å². The monoisotopic (exact) mass is 642 g/mol. The van der Waals surface area contributed by atoms with E-state index in [1.165, 1.54) is 44.3 Å². The Hall–Kier alpha value is -4.23. The maximum absolute atomic E-state index is 15.9.